The largest absolute Gasteiger partial charge is 0.461 e. The van der Waals surface area contributed by atoms with Crippen molar-refractivity contribution in [3.8, 4) is 0 Å². The zero-order valence-electron chi connectivity index (χ0n) is 14.6. The molecule has 0 radical (unpaired) electrons. The molecule has 4 heteroatoms. The van der Waals surface area contributed by atoms with Crippen LogP contribution < -0.4 is 0 Å². The standard InChI is InChI=1S/C21H22N2O2/c1-3-12-10-23-16-8-13(12)18-17(23)9-21(20(18)25-11(2)24)14-6-4-5-7-15(14)22-19(16)21/h3-7,13,16-18,20H,8-10H2,1-2H3/t13-,16-,17-,18?,20+,21+/m0/s1. The van der Waals surface area contributed by atoms with Gasteiger partial charge >= 0.3 is 5.97 Å². The lowest BCUT2D eigenvalue weighted by atomic mass is 9.66. The van der Waals surface area contributed by atoms with Gasteiger partial charge in [0.05, 0.1) is 22.9 Å². The van der Waals surface area contributed by atoms with Crippen LogP contribution in [0, 0.1) is 11.8 Å². The molecule has 4 saturated heterocycles. The second kappa shape index (κ2) is 4.42. The normalized spacial score (nSPS) is 46.2. The van der Waals surface area contributed by atoms with Crippen LogP contribution in [-0.2, 0) is 14.9 Å². The van der Waals surface area contributed by atoms with Crippen molar-refractivity contribution < 1.29 is 9.53 Å². The highest BCUT2D eigenvalue weighted by Gasteiger charge is 2.73. The van der Waals surface area contributed by atoms with Gasteiger partial charge in [0.1, 0.15) is 6.10 Å². The second-order valence-corrected chi connectivity index (χ2v) is 8.26. The molecule has 2 unspecified atom stereocenters. The summed E-state index contributed by atoms with van der Waals surface area (Å²) in [6.07, 6.45) is 4.40. The van der Waals surface area contributed by atoms with E-state index in [0.29, 0.717) is 23.9 Å². The van der Waals surface area contributed by atoms with Gasteiger partial charge in [-0.3, -0.25) is 14.7 Å². The van der Waals surface area contributed by atoms with Gasteiger partial charge in [-0.15, -0.1) is 0 Å². The van der Waals surface area contributed by atoms with Crippen LogP contribution in [0.2, 0.25) is 0 Å². The summed E-state index contributed by atoms with van der Waals surface area (Å²) >= 11 is 0. The number of rotatable bonds is 1. The summed E-state index contributed by atoms with van der Waals surface area (Å²) in [5.74, 6) is 0.778. The van der Waals surface area contributed by atoms with Crippen LogP contribution in [0.1, 0.15) is 32.3 Å². The first kappa shape index (κ1) is 14.3. The van der Waals surface area contributed by atoms with Gasteiger partial charge in [-0.1, -0.05) is 29.8 Å². The van der Waals surface area contributed by atoms with Crippen molar-refractivity contribution in [2.24, 2.45) is 16.8 Å². The maximum absolute atomic E-state index is 12.0. The fourth-order valence-electron chi connectivity index (χ4n) is 6.78. The number of aliphatic imine (C=N–C) groups is 1. The van der Waals surface area contributed by atoms with Gasteiger partial charge in [0.2, 0.25) is 0 Å². The fourth-order valence-corrected chi connectivity index (χ4v) is 6.78. The number of ether oxygens (including phenoxy) is 1. The average Bonchev–Trinajstić information content (AvgIpc) is 3.09. The van der Waals surface area contributed by atoms with Crippen LogP contribution in [0.25, 0.3) is 0 Å². The van der Waals surface area contributed by atoms with Crippen LogP contribution in [0.3, 0.4) is 0 Å². The number of carbonyl (C=O) groups is 1. The first-order valence-electron chi connectivity index (χ1n) is 9.42. The maximum Gasteiger partial charge on any atom is 0.302 e. The Hall–Kier alpha value is -1.94. The van der Waals surface area contributed by atoms with E-state index in [9.17, 15) is 4.79 Å². The number of para-hydroxylation sites is 1. The molecule has 0 N–H and O–H groups in total. The Kier molecular flexibility index (Phi) is 2.52. The van der Waals surface area contributed by atoms with Gasteiger partial charge in [0, 0.05) is 25.4 Å². The summed E-state index contributed by atoms with van der Waals surface area (Å²) in [6.45, 7) is 4.77. The molecule has 5 fully saturated rings. The fraction of sp³-hybridized carbons (Fsp3) is 0.524. The van der Waals surface area contributed by atoms with E-state index in [1.165, 1.54) is 16.8 Å². The smallest absolute Gasteiger partial charge is 0.302 e. The molecule has 128 valence electrons. The summed E-state index contributed by atoms with van der Waals surface area (Å²) in [6, 6.07) is 9.42. The average molecular weight is 334 g/mol. The minimum absolute atomic E-state index is 0.0763. The number of allylic oxidation sites excluding steroid dienone is 1. The molecule has 4 nitrogen and oxygen atoms in total. The van der Waals surface area contributed by atoms with Crippen molar-refractivity contribution in [2.45, 2.75) is 50.3 Å². The van der Waals surface area contributed by atoms with Gasteiger partial charge in [-0.2, -0.15) is 0 Å². The Morgan fingerprint density at radius 2 is 2.24 bits per heavy atom. The maximum atomic E-state index is 12.0. The molecule has 7 rings (SSSR count). The molecule has 0 aromatic heterocycles. The Labute approximate surface area is 147 Å². The van der Waals surface area contributed by atoms with Gasteiger partial charge < -0.3 is 4.74 Å². The third-order valence-corrected chi connectivity index (χ3v) is 7.48. The topological polar surface area (TPSA) is 41.9 Å². The lowest BCUT2D eigenvalue weighted by molar-refractivity contribution is -0.152. The Morgan fingerprint density at radius 1 is 1.40 bits per heavy atom. The first-order chi connectivity index (χ1) is 12.1. The van der Waals surface area contributed by atoms with Gasteiger partial charge in [-0.05, 0) is 37.3 Å². The minimum Gasteiger partial charge on any atom is -0.461 e. The van der Waals surface area contributed by atoms with Gasteiger partial charge in [0.25, 0.3) is 0 Å². The molecule has 25 heavy (non-hydrogen) atoms. The Balaban J connectivity index is 1.62. The van der Waals surface area contributed by atoms with Crippen molar-refractivity contribution >= 4 is 17.4 Å². The molecule has 1 aromatic rings. The second-order valence-electron chi connectivity index (χ2n) is 8.26. The SMILES string of the molecule is CC=C1CN2[C@H]3C[C@@H]1C1[C@@H](OC(C)=O)[C@@]4(C[C@@H]12)C3=Nc1ccccc14. The van der Waals surface area contributed by atoms with Crippen LogP contribution in [0.4, 0.5) is 5.69 Å². The Morgan fingerprint density at radius 3 is 3.04 bits per heavy atom. The number of fused-ring (bicyclic) bond motifs is 2. The molecule has 1 saturated carbocycles. The third kappa shape index (κ3) is 1.46. The van der Waals surface area contributed by atoms with Crippen LogP contribution >= 0.6 is 0 Å². The van der Waals surface area contributed by atoms with E-state index < -0.39 is 0 Å². The van der Waals surface area contributed by atoms with Crippen molar-refractivity contribution in [3.05, 3.63) is 41.5 Å². The highest BCUT2D eigenvalue weighted by Crippen LogP contribution is 2.66. The minimum atomic E-state index is -0.184. The molecular weight excluding hydrogens is 312 g/mol. The zero-order chi connectivity index (χ0) is 16.9. The molecule has 0 amide bonds. The molecule has 1 spiro atoms. The summed E-state index contributed by atoms with van der Waals surface area (Å²) in [7, 11) is 0. The number of esters is 1. The van der Waals surface area contributed by atoms with Crippen LogP contribution in [-0.4, -0.2) is 41.3 Å². The molecule has 1 aromatic carbocycles. The zero-order valence-corrected chi connectivity index (χ0v) is 14.6. The Bertz CT molecular complexity index is 872. The monoisotopic (exact) mass is 334 g/mol. The van der Waals surface area contributed by atoms with E-state index in [4.69, 9.17) is 9.73 Å². The van der Waals surface area contributed by atoms with E-state index in [-0.39, 0.29) is 17.5 Å². The number of hydrogen-bond acceptors (Lipinski definition) is 4. The van der Waals surface area contributed by atoms with Crippen LogP contribution in [0.5, 0.6) is 0 Å². The number of hydrogen-bond donors (Lipinski definition) is 0. The number of piperidine rings is 4. The van der Waals surface area contributed by atoms with Gasteiger partial charge in [-0.25, -0.2) is 0 Å². The predicted molar refractivity (Wildman–Crippen MR) is 95.0 cm³/mol. The predicted octanol–water partition coefficient (Wildman–Crippen LogP) is 2.99. The van der Waals surface area contributed by atoms with Crippen molar-refractivity contribution in [2.75, 3.05) is 6.54 Å². The molecular formula is C21H22N2O2. The molecule has 7 atom stereocenters. The summed E-state index contributed by atoms with van der Waals surface area (Å²) < 4.78 is 6.09. The molecule has 6 aliphatic rings. The summed E-state index contributed by atoms with van der Waals surface area (Å²) in [4.78, 5) is 19.8. The molecule has 1 aliphatic carbocycles. The van der Waals surface area contributed by atoms with Gasteiger partial charge in [0.15, 0.2) is 0 Å². The van der Waals surface area contributed by atoms with Crippen molar-refractivity contribution in [1.82, 2.24) is 4.90 Å². The number of carbonyl (C=O) groups excluding carboxylic acids is 1. The van der Waals surface area contributed by atoms with Crippen molar-refractivity contribution in [1.29, 1.82) is 0 Å². The lowest BCUT2D eigenvalue weighted by Crippen LogP contribution is -2.64. The molecule has 5 aliphatic heterocycles. The summed E-state index contributed by atoms with van der Waals surface area (Å²) in [5, 5.41) is 0. The van der Waals surface area contributed by atoms with E-state index in [1.807, 2.05) is 0 Å². The first-order valence-corrected chi connectivity index (χ1v) is 9.42. The number of nitrogens with zero attached hydrogens (tertiary/aromatic N) is 2. The highest BCUT2D eigenvalue weighted by molar-refractivity contribution is 6.08. The third-order valence-electron chi connectivity index (χ3n) is 7.48. The quantitative estimate of drug-likeness (QED) is 0.586. The lowest BCUT2D eigenvalue weighted by Gasteiger charge is -2.55. The van der Waals surface area contributed by atoms with E-state index >= 15 is 0 Å². The van der Waals surface area contributed by atoms with Crippen LogP contribution in [0.15, 0.2) is 40.9 Å². The van der Waals surface area contributed by atoms with E-state index in [2.05, 4.69) is 42.2 Å². The van der Waals surface area contributed by atoms with Crippen molar-refractivity contribution in [3.63, 3.8) is 0 Å². The molecule has 5 bridgehead atoms. The number of benzene rings is 1. The van der Waals surface area contributed by atoms with E-state index in [1.54, 1.807) is 6.92 Å². The summed E-state index contributed by atoms with van der Waals surface area (Å²) in [5.41, 5.74) is 5.00. The van der Waals surface area contributed by atoms with E-state index in [0.717, 1.165) is 25.1 Å². The molecule has 5 heterocycles. The highest BCUT2D eigenvalue weighted by atomic mass is 16.5.